The van der Waals surface area contributed by atoms with Crippen molar-refractivity contribution in [2.75, 3.05) is 11.9 Å². The number of rotatable bonds is 6. The standard InChI is InChI=1S/C16H25N5/c1-12(2)18-10-14-8-13(3)19-15(9-14)21(5)11-16-17-6-7-20(16)4/h6-9,12,18H,10-11H2,1-5H3. The Balaban J connectivity index is 2.13. The summed E-state index contributed by atoms with van der Waals surface area (Å²) >= 11 is 0. The van der Waals surface area contributed by atoms with Gasteiger partial charge in [-0.25, -0.2) is 9.97 Å². The quantitative estimate of drug-likeness (QED) is 0.885. The molecule has 0 saturated heterocycles. The molecular weight excluding hydrogens is 262 g/mol. The summed E-state index contributed by atoms with van der Waals surface area (Å²) in [6.07, 6.45) is 3.79. The van der Waals surface area contributed by atoms with Gasteiger partial charge in [0.05, 0.1) is 6.54 Å². The van der Waals surface area contributed by atoms with E-state index < -0.39 is 0 Å². The fourth-order valence-corrected chi connectivity index (χ4v) is 2.18. The SMILES string of the molecule is Cc1cc(CNC(C)C)cc(N(C)Cc2nccn2C)n1. The van der Waals surface area contributed by atoms with Gasteiger partial charge in [-0.3, -0.25) is 0 Å². The molecule has 0 aliphatic rings. The first-order valence-corrected chi connectivity index (χ1v) is 7.34. The number of pyridine rings is 1. The molecule has 0 bridgehead atoms. The summed E-state index contributed by atoms with van der Waals surface area (Å²) in [5.41, 5.74) is 2.30. The van der Waals surface area contributed by atoms with Crippen molar-refractivity contribution in [1.29, 1.82) is 0 Å². The molecule has 5 heteroatoms. The Bertz CT molecular complexity index is 588. The average Bonchev–Trinajstić information content (AvgIpc) is 2.81. The Morgan fingerprint density at radius 2 is 2.10 bits per heavy atom. The number of anilines is 1. The van der Waals surface area contributed by atoms with Crippen LogP contribution in [0.5, 0.6) is 0 Å². The minimum absolute atomic E-state index is 0.479. The molecule has 1 N–H and O–H groups in total. The first-order valence-electron chi connectivity index (χ1n) is 7.34. The molecule has 114 valence electrons. The van der Waals surface area contributed by atoms with Crippen molar-refractivity contribution >= 4 is 5.82 Å². The second kappa shape index (κ2) is 6.72. The predicted octanol–water partition coefficient (Wildman–Crippen LogP) is 2.26. The summed E-state index contributed by atoms with van der Waals surface area (Å²) in [6, 6.07) is 4.76. The molecule has 2 rings (SSSR count). The topological polar surface area (TPSA) is 46.0 Å². The molecule has 2 heterocycles. The molecule has 0 fully saturated rings. The average molecular weight is 287 g/mol. The van der Waals surface area contributed by atoms with Crippen molar-refractivity contribution in [3.63, 3.8) is 0 Å². The summed E-state index contributed by atoms with van der Waals surface area (Å²) in [7, 11) is 4.06. The van der Waals surface area contributed by atoms with E-state index in [-0.39, 0.29) is 0 Å². The normalized spacial score (nSPS) is 11.1. The molecule has 5 nitrogen and oxygen atoms in total. The number of nitrogens with zero attached hydrogens (tertiary/aromatic N) is 4. The van der Waals surface area contributed by atoms with E-state index in [0.717, 1.165) is 30.4 Å². The van der Waals surface area contributed by atoms with Gasteiger partial charge < -0.3 is 14.8 Å². The molecule has 0 radical (unpaired) electrons. The zero-order chi connectivity index (χ0) is 15.4. The Morgan fingerprint density at radius 1 is 1.33 bits per heavy atom. The van der Waals surface area contributed by atoms with E-state index in [2.05, 4.69) is 53.2 Å². The molecule has 0 atom stereocenters. The second-order valence-electron chi connectivity index (χ2n) is 5.82. The molecule has 21 heavy (non-hydrogen) atoms. The minimum atomic E-state index is 0.479. The van der Waals surface area contributed by atoms with Gasteiger partial charge in [0, 0.05) is 44.8 Å². The Kier molecular flexibility index (Phi) is 4.96. The Labute approximate surface area is 127 Å². The van der Waals surface area contributed by atoms with Crippen LogP contribution in [0.3, 0.4) is 0 Å². The van der Waals surface area contributed by atoms with Gasteiger partial charge >= 0.3 is 0 Å². The van der Waals surface area contributed by atoms with E-state index in [1.54, 1.807) is 0 Å². The zero-order valence-corrected chi connectivity index (χ0v) is 13.6. The summed E-state index contributed by atoms with van der Waals surface area (Å²) < 4.78 is 2.04. The number of hydrogen-bond donors (Lipinski definition) is 1. The predicted molar refractivity (Wildman–Crippen MR) is 86.3 cm³/mol. The highest BCUT2D eigenvalue weighted by atomic mass is 15.2. The van der Waals surface area contributed by atoms with Gasteiger partial charge in [-0.15, -0.1) is 0 Å². The van der Waals surface area contributed by atoms with E-state index >= 15 is 0 Å². The number of hydrogen-bond acceptors (Lipinski definition) is 4. The van der Waals surface area contributed by atoms with Crippen molar-refractivity contribution in [2.24, 2.45) is 7.05 Å². The number of nitrogens with one attached hydrogen (secondary N) is 1. The molecule has 2 aromatic rings. The molecular formula is C16H25N5. The lowest BCUT2D eigenvalue weighted by Gasteiger charge is -2.19. The van der Waals surface area contributed by atoms with Crippen molar-refractivity contribution in [3.8, 4) is 0 Å². The van der Waals surface area contributed by atoms with Crippen LogP contribution in [-0.4, -0.2) is 27.6 Å². The summed E-state index contributed by atoms with van der Waals surface area (Å²) in [4.78, 5) is 11.1. The van der Waals surface area contributed by atoms with Crippen LogP contribution >= 0.6 is 0 Å². The summed E-state index contributed by atoms with van der Waals surface area (Å²) in [6.45, 7) is 7.96. The van der Waals surface area contributed by atoms with Crippen molar-refractivity contribution in [2.45, 2.75) is 39.9 Å². The van der Waals surface area contributed by atoms with Gasteiger partial charge in [-0.1, -0.05) is 13.8 Å². The maximum Gasteiger partial charge on any atom is 0.129 e. The molecule has 0 aliphatic heterocycles. The third-order valence-corrected chi connectivity index (χ3v) is 3.40. The summed E-state index contributed by atoms with van der Waals surface area (Å²) in [5, 5.41) is 3.45. The third kappa shape index (κ3) is 4.29. The van der Waals surface area contributed by atoms with E-state index in [9.17, 15) is 0 Å². The van der Waals surface area contributed by atoms with E-state index in [4.69, 9.17) is 0 Å². The molecule has 2 aromatic heterocycles. The van der Waals surface area contributed by atoms with Crippen LogP contribution in [0.25, 0.3) is 0 Å². The molecule has 0 spiro atoms. The van der Waals surface area contributed by atoms with E-state index in [0.29, 0.717) is 6.04 Å². The lowest BCUT2D eigenvalue weighted by Crippen LogP contribution is -2.23. The maximum atomic E-state index is 4.63. The van der Waals surface area contributed by atoms with Gasteiger partial charge in [0.1, 0.15) is 11.6 Å². The number of imidazole rings is 1. The molecule has 0 aliphatic carbocycles. The van der Waals surface area contributed by atoms with E-state index in [1.165, 1.54) is 5.56 Å². The maximum absolute atomic E-state index is 4.63. The Morgan fingerprint density at radius 3 is 2.71 bits per heavy atom. The highest BCUT2D eigenvalue weighted by Gasteiger charge is 2.09. The van der Waals surface area contributed by atoms with Crippen LogP contribution in [0.2, 0.25) is 0 Å². The lowest BCUT2D eigenvalue weighted by molar-refractivity contribution is 0.588. The third-order valence-electron chi connectivity index (χ3n) is 3.40. The summed E-state index contributed by atoms with van der Waals surface area (Å²) in [5.74, 6) is 2.02. The zero-order valence-electron chi connectivity index (χ0n) is 13.6. The molecule has 0 unspecified atom stereocenters. The highest BCUT2D eigenvalue weighted by molar-refractivity contribution is 5.42. The highest BCUT2D eigenvalue weighted by Crippen LogP contribution is 2.16. The van der Waals surface area contributed by atoms with Crippen LogP contribution in [0.15, 0.2) is 24.5 Å². The fourth-order valence-electron chi connectivity index (χ4n) is 2.18. The largest absolute Gasteiger partial charge is 0.352 e. The monoisotopic (exact) mass is 287 g/mol. The second-order valence-corrected chi connectivity index (χ2v) is 5.82. The van der Waals surface area contributed by atoms with Crippen LogP contribution in [0.1, 0.15) is 30.9 Å². The number of aromatic nitrogens is 3. The van der Waals surface area contributed by atoms with Gasteiger partial charge in [0.2, 0.25) is 0 Å². The first kappa shape index (κ1) is 15.5. The van der Waals surface area contributed by atoms with Crippen molar-refractivity contribution in [3.05, 3.63) is 41.6 Å². The smallest absolute Gasteiger partial charge is 0.129 e. The molecule has 0 saturated carbocycles. The van der Waals surface area contributed by atoms with Crippen LogP contribution in [0.4, 0.5) is 5.82 Å². The van der Waals surface area contributed by atoms with Gasteiger partial charge in [-0.05, 0) is 24.6 Å². The van der Waals surface area contributed by atoms with Gasteiger partial charge in [0.15, 0.2) is 0 Å². The van der Waals surface area contributed by atoms with Gasteiger partial charge in [0.25, 0.3) is 0 Å². The van der Waals surface area contributed by atoms with Gasteiger partial charge in [-0.2, -0.15) is 0 Å². The van der Waals surface area contributed by atoms with Crippen molar-refractivity contribution < 1.29 is 0 Å². The van der Waals surface area contributed by atoms with Crippen LogP contribution in [0, 0.1) is 6.92 Å². The molecule has 0 aromatic carbocycles. The lowest BCUT2D eigenvalue weighted by atomic mass is 10.2. The molecule has 0 amide bonds. The van der Waals surface area contributed by atoms with Crippen LogP contribution in [-0.2, 0) is 20.1 Å². The number of aryl methyl sites for hydroxylation is 2. The van der Waals surface area contributed by atoms with Crippen molar-refractivity contribution in [1.82, 2.24) is 19.9 Å². The first-order chi connectivity index (χ1) is 9.95. The van der Waals surface area contributed by atoms with E-state index in [1.807, 2.05) is 30.9 Å². The van der Waals surface area contributed by atoms with Crippen LogP contribution < -0.4 is 10.2 Å². The minimum Gasteiger partial charge on any atom is -0.352 e. The fraction of sp³-hybridized carbons (Fsp3) is 0.500. The Hall–Kier alpha value is -1.88.